The molecule has 3 nitrogen and oxygen atoms in total. The van der Waals surface area contributed by atoms with Crippen LogP contribution in [0.1, 0.15) is 60.2 Å². The maximum Gasteiger partial charge on any atom is 0.255 e. The second-order valence-corrected chi connectivity index (χ2v) is 6.62. The number of aromatic nitrogens is 1. The molecular formula is C20H26N2O. The summed E-state index contributed by atoms with van der Waals surface area (Å²) in [7, 11) is 0. The van der Waals surface area contributed by atoms with Gasteiger partial charge in [-0.15, -0.1) is 0 Å². The van der Waals surface area contributed by atoms with E-state index in [0.717, 1.165) is 36.9 Å². The summed E-state index contributed by atoms with van der Waals surface area (Å²) in [6.45, 7) is 4.96. The van der Waals surface area contributed by atoms with Crippen molar-refractivity contribution in [3.05, 3.63) is 68.6 Å². The average molecular weight is 310 g/mol. The van der Waals surface area contributed by atoms with Crippen LogP contribution in [0.25, 0.3) is 0 Å². The van der Waals surface area contributed by atoms with Crippen LogP contribution in [0.5, 0.6) is 0 Å². The molecule has 2 aromatic rings. The van der Waals surface area contributed by atoms with Crippen molar-refractivity contribution in [1.29, 1.82) is 0 Å². The van der Waals surface area contributed by atoms with Crippen LogP contribution >= 0.6 is 0 Å². The number of fused-ring (bicyclic) bond motifs is 1. The van der Waals surface area contributed by atoms with Crippen molar-refractivity contribution in [2.45, 2.75) is 58.5 Å². The van der Waals surface area contributed by atoms with Crippen LogP contribution in [-0.2, 0) is 19.4 Å². The molecule has 23 heavy (non-hydrogen) atoms. The van der Waals surface area contributed by atoms with Crippen molar-refractivity contribution >= 4 is 0 Å². The van der Waals surface area contributed by atoms with E-state index in [9.17, 15) is 4.79 Å². The molecule has 0 saturated heterocycles. The summed E-state index contributed by atoms with van der Waals surface area (Å²) in [4.78, 5) is 13.0. The summed E-state index contributed by atoms with van der Waals surface area (Å²) in [6.07, 6.45) is 5.43. The molecule has 2 N–H and O–H groups in total. The Bertz CT molecular complexity index is 743. The highest BCUT2D eigenvalue weighted by molar-refractivity contribution is 5.36. The molecule has 0 spiro atoms. The van der Waals surface area contributed by atoms with Gasteiger partial charge in [0.05, 0.1) is 6.04 Å². The van der Waals surface area contributed by atoms with Crippen LogP contribution in [0.3, 0.4) is 0 Å². The molecule has 0 amide bonds. The zero-order chi connectivity index (χ0) is 16.4. The lowest BCUT2D eigenvalue weighted by Crippen LogP contribution is -2.33. The third-order valence-corrected chi connectivity index (χ3v) is 4.85. The number of rotatable bonds is 4. The van der Waals surface area contributed by atoms with Crippen LogP contribution in [0.15, 0.2) is 35.1 Å². The number of nitrogens with zero attached hydrogens (tertiary/aromatic N) is 1. The maximum atomic E-state index is 13.0. The lowest BCUT2D eigenvalue weighted by atomic mass is 9.91. The molecule has 0 fully saturated rings. The molecule has 3 rings (SSSR count). The fraction of sp³-hybridized carbons (Fsp3) is 0.450. The van der Waals surface area contributed by atoms with Gasteiger partial charge in [0.2, 0.25) is 0 Å². The van der Waals surface area contributed by atoms with E-state index < -0.39 is 0 Å². The molecule has 1 atom stereocenters. The molecule has 122 valence electrons. The monoisotopic (exact) mass is 310 g/mol. The molecular weight excluding hydrogens is 284 g/mol. The molecule has 1 heterocycles. The summed E-state index contributed by atoms with van der Waals surface area (Å²) in [5.41, 5.74) is 12.1. The zero-order valence-electron chi connectivity index (χ0n) is 14.1. The number of hydrogen-bond acceptors (Lipinski definition) is 2. The molecule has 1 aliphatic rings. The molecule has 0 radical (unpaired) electrons. The Morgan fingerprint density at radius 2 is 1.87 bits per heavy atom. The lowest BCUT2D eigenvalue weighted by Gasteiger charge is -2.24. The van der Waals surface area contributed by atoms with Gasteiger partial charge < -0.3 is 10.3 Å². The minimum Gasteiger partial charge on any atom is -0.320 e. The number of nitrogens with two attached hydrogens (primary N) is 1. The van der Waals surface area contributed by atoms with Crippen LogP contribution in [0.2, 0.25) is 0 Å². The van der Waals surface area contributed by atoms with Gasteiger partial charge in [0.1, 0.15) is 0 Å². The van der Waals surface area contributed by atoms with Crippen LogP contribution in [0, 0.1) is 6.92 Å². The summed E-state index contributed by atoms with van der Waals surface area (Å²) >= 11 is 0. The second kappa shape index (κ2) is 6.71. The van der Waals surface area contributed by atoms with Crippen molar-refractivity contribution < 1.29 is 0 Å². The highest BCUT2D eigenvalue weighted by Gasteiger charge is 2.21. The van der Waals surface area contributed by atoms with Crippen molar-refractivity contribution in [2.24, 2.45) is 5.73 Å². The Morgan fingerprint density at radius 3 is 2.57 bits per heavy atom. The molecule has 1 aromatic carbocycles. The van der Waals surface area contributed by atoms with Crippen LogP contribution in [0.4, 0.5) is 0 Å². The maximum absolute atomic E-state index is 13.0. The Kier molecular flexibility index (Phi) is 4.67. The first-order valence-electron chi connectivity index (χ1n) is 8.69. The minimum absolute atomic E-state index is 0.0978. The van der Waals surface area contributed by atoms with Gasteiger partial charge in [0.15, 0.2) is 0 Å². The fourth-order valence-electron chi connectivity index (χ4n) is 3.54. The summed E-state index contributed by atoms with van der Waals surface area (Å²) in [5.74, 6) is 0. The van der Waals surface area contributed by atoms with E-state index >= 15 is 0 Å². The van der Waals surface area contributed by atoms with Gasteiger partial charge in [-0.2, -0.15) is 0 Å². The summed E-state index contributed by atoms with van der Waals surface area (Å²) in [6, 6.07) is 9.90. The van der Waals surface area contributed by atoms with Crippen molar-refractivity contribution in [2.75, 3.05) is 0 Å². The van der Waals surface area contributed by atoms with Crippen LogP contribution < -0.4 is 11.3 Å². The van der Waals surface area contributed by atoms with E-state index in [4.69, 9.17) is 5.73 Å². The second-order valence-electron chi connectivity index (χ2n) is 6.62. The quantitative estimate of drug-likeness (QED) is 0.939. The Morgan fingerprint density at radius 1 is 1.17 bits per heavy atom. The number of benzene rings is 1. The molecule has 3 heteroatoms. The standard InChI is InChI=1S/C20H26N2O/c1-3-12-22-18-7-5-4-6-16(18)13-17(20(22)23)19(21)15-10-8-14(2)9-11-15/h8-11,13,19H,3-7,12,21H2,1-2H3. The highest BCUT2D eigenvalue weighted by Crippen LogP contribution is 2.25. The number of hydrogen-bond donors (Lipinski definition) is 1. The predicted octanol–water partition coefficient (Wildman–Crippen LogP) is 3.49. The Labute approximate surface area is 138 Å². The topological polar surface area (TPSA) is 48.0 Å². The normalized spacial score (nSPS) is 15.3. The van der Waals surface area contributed by atoms with Crippen molar-refractivity contribution in [3.8, 4) is 0 Å². The average Bonchev–Trinajstić information content (AvgIpc) is 2.57. The lowest BCUT2D eigenvalue weighted by molar-refractivity contribution is 0.558. The van der Waals surface area contributed by atoms with Crippen molar-refractivity contribution in [3.63, 3.8) is 0 Å². The van der Waals surface area contributed by atoms with Gasteiger partial charge in [-0.1, -0.05) is 36.8 Å². The Hall–Kier alpha value is -1.87. The molecule has 1 unspecified atom stereocenters. The van der Waals surface area contributed by atoms with Gasteiger partial charge in [-0.05, 0) is 56.2 Å². The molecule has 0 aliphatic heterocycles. The van der Waals surface area contributed by atoms with Gasteiger partial charge in [0.25, 0.3) is 5.56 Å². The third-order valence-electron chi connectivity index (χ3n) is 4.85. The largest absolute Gasteiger partial charge is 0.320 e. The smallest absolute Gasteiger partial charge is 0.255 e. The molecule has 1 aliphatic carbocycles. The van der Waals surface area contributed by atoms with Gasteiger partial charge in [-0.3, -0.25) is 4.79 Å². The highest BCUT2D eigenvalue weighted by atomic mass is 16.1. The summed E-state index contributed by atoms with van der Waals surface area (Å²) in [5, 5.41) is 0. The number of pyridine rings is 1. The minimum atomic E-state index is -0.349. The molecule has 0 saturated carbocycles. The summed E-state index contributed by atoms with van der Waals surface area (Å²) < 4.78 is 1.98. The molecule has 0 bridgehead atoms. The van der Waals surface area contributed by atoms with Gasteiger partial charge >= 0.3 is 0 Å². The fourth-order valence-corrected chi connectivity index (χ4v) is 3.54. The van der Waals surface area contributed by atoms with Crippen LogP contribution in [-0.4, -0.2) is 4.57 Å². The zero-order valence-corrected chi connectivity index (χ0v) is 14.1. The van der Waals surface area contributed by atoms with Gasteiger partial charge in [0, 0.05) is 17.8 Å². The first-order valence-corrected chi connectivity index (χ1v) is 8.69. The van der Waals surface area contributed by atoms with E-state index in [2.05, 4.69) is 32.0 Å². The molecule has 1 aromatic heterocycles. The predicted molar refractivity (Wildman–Crippen MR) is 94.8 cm³/mol. The van der Waals surface area contributed by atoms with E-state index in [-0.39, 0.29) is 11.6 Å². The van der Waals surface area contributed by atoms with E-state index in [1.54, 1.807) is 0 Å². The third kappa shape index (κ3) is 3.11. The Balaban J connectivity index is 2.09. The van der Waals surface area contributed by atoms with E-state index in [1.807, 2.05) is 16.7 Å². The first kappa shape index (κ1) is 16.0. The SMILES string of the molecule is CCCn1c2c(cc(C(N)c3ccc(C)cc3)c1=O)CCCC2. The van der Waals surface area contributed by atoms with Crippen molar-refractivity contribution in [1.82, 2.24) is 4.57 Å². The van der Waals surface area contributed by atoms with E-state index in [0.29, 0.717) is 0 Å². The van der Waals surface area contributed by atoms with E-state index in [1.165, 1.54) is 29.7 Å². The number of aryl methyl sites for hydroxylation is 2. The van der Waals surface area contributed by atoms with Gasteiger partial charge in [-0.25, -0.2) is 0 Å². The first-order chi connectivity index (χ1) is 11.1.